The van der Waals surface area contributed by atoms with Crippen LogP contribution >= 0.6 is 0 Å². The molecule has 1 aromatic carbocycles. The lowest BCUT2D eigenvalue weighted by atomic mass is 9.51. The van der Waals surface area contributed by atoms with Gasteiger partial charge in [-0.2, -0.15) is 0 Å². The number of Topliss-reactive ketones (excluding diaryl/α,β-unsaturated/α-hetero) is 2. The van der Waals surface area contributed by atoms with Crippen molar-refractivity contribution in [3.05, 3.63) is 39.7 Å². The molecule has 0 bridgehead atoms. The summed E-state index contributed by atoms with van der Waals surface area (Å²) < 4.78 is 0. The fraction of sp³-hybridized carbons (Fsp3) is 0.567. The highest BCUT2D eigenvalue weighted by atomic mass is 16.4. The van der Waals surface area contributed by atoms with Gasteiger partial charge >= 0.3 is 0 Å². The van der Waals surface area contributed by atoms with Crippen molar-refractivity contribution in [3.63, 3.8) is 0 Å². The molecule has 1 saturated carbocycles. The van der Waals surface area contributed by atoms with Crippen LogP contribution in [-0.2, 0) is 27.3 Å². The molecule has 14 heteroatoms. The van der Waals surface area contributed by atoms with E-state index in [1.165, 1.54) is 19.0 Å². The summed E-state index contributed by atoms with van der Waals surface area (Å²) in [6.45, 7) is 2.91. The lowest BCUT2D eigenvalue weighted by Gasteiger charge is -2.59. The summed E-state index contributed by atoms with van der Waals surface area (Å²) in [6.07, 6.45) is 1.50. The normalized spacial score (nSPS) is 30.8. The number of carbonyl (C=O) groups excluding carboxylic acids is 3. The van der Waals surface area contributed by atoms with Crippen LogP contribution in [0.25, 0.3) is 5.76 Å². The zero-order valence-corrected chi connectivity index (χ0v) is 25.5. The number of primary amides is 1. The van der Waals surface area contributed by atoms with Crippen molar-refractivity contribution >= 4 is 28.9 Å². The molecule has 1 saturated heterocycles. The highest BCUT2D eigenvalue weighted by Gasteiger charge is 2.73. The van der Waals surface area contributed by atoms with E-state index in [1.807, 2.05) is 0 Å². The number of ketones is 2. The van der Waals surface area contributed by atoms with Gasteiger partial charge in [0.2, 0.25) is 11.4 Å². The predicted octanol–water partition coefficient (Wildman–Crippen LogP) is -1.72. The number of nitrogens with zero attached hydrogens (tertiary/aromatic N) is 2. The van der Waals surface area contributed by atoms with Gasteiger partial charge in [0.05, 0.1) is 28.3 Å². The lowest BCUT2D eigenvalue weighted by molar-refractivity contribution is -0.158. The number of rotatable bonds is 7. The minimum absolute atomic E-state index is 0.0259. The van der Waals surface area contributed by atoms with Gasteiger partial charge in [0.25, 0.3) is 5.91 Å². The van der Waals surface area contributed by atoms with Crippen LogP contribution in [0, 0.1) is 5.92 Å². The van der Waals surface area contributed by atoms with Crippen LogP contribution < -0.4 is 32.7 Å². The quantitative estimate of drug-likeness (QED) is 0.156. The zero-order chi connectivity index (χ0) is 32.5. The fourth-order valence-corrected chi connectivity index (χ4v) is 7.73. The number of piperidine rings is 1. The minimum Gasteiger partial charge on any atom is -0.508 e. The predicted molar refractivity (Wildman–Crippen MR) is 163 cm³/mol. The number of fused-ring (bicyclic) bond motifs is 3. The molecule has 14 nitrogen and oxygen atoms in total. The van der Waals surface area contributed by atoms with Crippen LogP contribution in [0.5, 0.6) is 5.75 Å². The van der Waals surface area contributed by atoms with E-state index in [2.05, 4.69) is 10.6 Å². The lowest BCUT2D eigenvalue weighted by Crippen LogP contribution is -2.83. The van der Waals surface area contributed by atoms with Crippen LogP contribution in [0.3, 0.4) is 0 Å². The number of nitrogens with two attached hydrogens (primary N) is 3. The fourth-order valence-electron chi connectivity index (χ4n) is 7.73. The standard InChI is InChI=1S/C30H43N7O7/c1-36(2)17-9-15(12-35-11-14-5-7-34-8-6-14)21(38)18-16(17)10-28(32)13-29(33)24(37(3)4)23(40)19(27(31)43)25(41)30(29,44)26(42)20(28)22(18)39/h9,14,24,34-35,38-39,41,44H,5-8,10-13,32-33H2,1-4H3,(H2,31,43)/t24?,28-,29-,30-/m1/s1. The Morgan fingerprint density at radius 1 is 1.11 bits per heavy atom. The summed E-state index contributed by atoms with van der Waals surface area (Å²) in [7, 11) is 6.52. The van der Waals surface area contributed by atoms with Crippen LogP contribution in [0.1, 0.15) is 36.0 Å². The van der Waals surface area contributed by atoms with Crippen LogP contribution in [-0.4, -0.2) is 113 Å². The highest BCUT2D eigenvalue weighted by molar-refractivity contribution is 6.25. The number of aromatic hydroxyl groups is 1. The molecule has 0 spiro atoms. The molecule has 1 amide bonds. The summed E-state index contributed by atoms with van der Waals surface area (Å²) in [5.41, 5.74) is 12.2. The van der Waals surface area contributed by atoms with Crippen molar-refractivity contribution in [2.24, 2.45) is 23.1 Å². The minimum atomic E-state index is -3.04. The molecule has 5 rings (SSSR count). The summed E-state index contributed by atoms with van der Waals surface area (Å²) in [5.74, 6) is -5.35. The summed E-state index contributed by atoms with van der Waals surface area (Å²) in [4.78, 5) is 43.2. The molecule has 4 aliphatic rings. The van der Waals surface area contributed by atoms with Gasteiger partial charge in [0.15, 0.2) is 11.5 Å². The van der Waals surface area contributed by atoms with E-state index in [4.69, 9.17) is 17.2 Å². The molecule has 12 N–H and O–H groups in total. The maximum atomic E-state index is 14.3. The van der Waals surface area contributed by atoms with E-state index >= 15 is 0 Å². The highest BCUT2D eigenvalue weighted by Crippen LogP contribution is 2.55. The maximum absolute atomic E-state index is 14.3. The average Bonchev–Trinajstić information content (AvgIpc) is 2.92. The summed E-state index contributed by atoms with van der Waals surface area (Å²) in [6, 6.07) is 0.306. The Bertz CT molecular complexity index is 1500. The van der Waals surface area contributed by atoms with Gasteiger partial charge < -0.3 is 53.2 Å². The molecule has 3 aliphatic carbocycles. The molecular formula is C30H43N7O7. The largest absolute Gasteiger partial charge is 0.508 e. The molecule has 44 heavy (non-hydrogen) atoms. The van der Waals surface area contributed by atoms with E-state index in [-0.39, 0.29) is 24.3 Å². The van der Waals surface area contributed by atoms with E-state index in [0.717, 1.165) is 32.5 Å². The second kappa shape index (κ2) is 10.8. The van der Waals surface area contributed by atoms with Crippen LogP contribution in [0.4, 0.5) is 5.69 Å². The number of nitrogens with one attached hydrogen (secondary N) is 2. The molecule has 1 unspecified atom stereocenters. The number of hydrogen-bond acceptors (Lipinski definition) is 13. The first-order chi connectivity index (χ1) is 20.5. The first-order valence-electron chi connectivity index (χ1n) is 14.7. The van der Waals surface area contributed by atoms with Gasteiger partial charge in [0.1, 0.15) is 17.1 Å². The Morgan fingerprint density at radius 2 is 1.75 bits per heavy atom. The number of aliphatic hydroxyl groups is 3. The molecule has 1 aliphatic heterocycles. The molecule has 2 fully saturated rings. The molecule has 0 radical (unpaired) electrons. The number of anilines is 1. The van der Waals surface area contributed by atoms with Crippen molar-refractivity contribution < 1.29 is 34.8 Å². The summed E-state index contributed by atoms with van der Waals surface area (Å²) in [5, 5.41) is 53.2. The number of likely N-dealkylation sites (N-methyl/N-ethyl adjacent to an activating group) is 1. The van der Waals surface area contributed by atoms with Gasteiger partial charge in [-0.25, -0.2) is 0 Å². The van der Waals surface area contributed by atoms with Gasteiger partial charge in [0, 0.05) is 31.9 Å². The van der Waals surface area contributed by atoms with Gasteiger partial charge in [-0.15, -0.1) is 0 Å². The van der Waals surface area contributed by atoms with Crippen molar-refractivity contribution in [3.8, 4) is 5.75 Å². The first kappa shape index (κ1) is 31.9. The van der Waals surface area contributed by atoms with Gasteiger partial charge in [-0.3, -0.25) is 19.3 Å². The molecule has 0 aromatic heterocycles. The van der Waals surface area contributed by atoms with Gasteiger partial charge in [-0.1, -0.05) is 0 Å². The second-order valence-corrected chi connectivity index (χ2v) is 13.1. The van der Waals surface area contributed by atoms with Crippen molar-refractivity contribution in [2.75, 3.05) is 52.7 Å². The van der Waals surface area contributed by atoms with Gasteiger partial charge in [-0.05, 0) is 77.0 Å². The number of aliphatic hydroxyl groups excluding tert-OH is 2. The zero-order valence-electron chi connectivity index (χ0n) is 25.5. The van der Waals surface area contributed by atoms with E-state index in [9.17, 15) is 34.8 Å². The van der Waals surface area contributed by atoms with Crippen molar-refractivity contribution in [2.45, 2.75) is 54.9 Å². The SMILES string of the molecule is CN(C)c1cc(CNCC2CCNCC2)c(O)c2c1C[C@@]1(N)C[C@@]3(N)C(N(C)C)C(=O)C(C(N)=O)=C(O)[C@@]3(O)C(=O)C1=C2O. The van der Waals surface area contributed by atoms with E-state index < -0.39 is 69.3 Å². The third-order valence-corrected chi connectivity index (χ3v) is 9.78. The van der Waals surface area contributed by atoms with Crippen molar-refractivity contribution in [1.82, 2.24) is 15.5 Å². The maximum Gasteiger partial charge on any atom is 0.255 e. The van der Waals surface area contributed by atoms with E-state index in [1.54, 1.807) is 25.1 Å². The smallest absolute Gasteiger partial charge is 0.255 e. The molecule has 1 aromatic rings. The Morgan fingerprint density at radius 3 is 2.32 bits per heavy atom. The van der Waals surface area contributed by atoms with E-state index in [0.29, 0.717) is 22.7 Å². The topological polar surface area (TPSA) is 241 Å². The Hall–Kier alpha value is -3.53. The number of hydrogen-bond donors (Lipinski definition) is 9. The Balaban J connectivity index is 1.67. The third kappa shape index (κ3) is 4.43. The molecule has 1 heterocycles. The van der Waals surface area contributed by atoms with Crippen molar-refractivity contribution in [1.29, 1.82) is 0 Å². The molecule has 4 atom stereocenters. The Kier molecular flexibility index (Phi) is 7.84. The molecular weight excluding hydrogens is 570 g/mol. The average molecular weight is 614 g/mol. The second-order valence-electron chi connectivity index (χ2n) is 13.1. The monoisotopic (exact) mass is 613 g/mol. The number of carbonyl (C=O) groups is 3. The number of benzene rings is 1. The Labute approximate surface area is 255 Å². The van der Waals surface area contributed by atoms with Crippen LogP contribution in [0.15, 0.2) is 23.0 Å². The molecule has 240 valence electrons. The first-order valence-corrected chi connectivity index (χ1v) is 14.7. The number of phenolic OH excluding ortho intramolecular Hbond substituents is 1. The van der Waals surface area contributed by atoms with Crippen LogP contribution in [0.2, 0.25) is 0 Å². The summed E-state index contributed by atoms with van der Waals surface area (Å²) >= 11 is 0. The number of amides is 1. The third-order valence-electron chi connectivity index (χ3n) is 9.78. The number of phenols is 1.